The molecule has 2 atom stereocenters. The number of pyridine rings is 1. The van der Waals surface area contributed by atoms with Gasteiger partial charge < -0.3 is 24.3 Å². The second-order valence-electron chi connectivity index (χ2n) is 11.3. The molecule has 0 N–H and O–H groups in total. The number of aryl methyl sites for hydroxylation is 1. The second kappa shape index (κ2) is 11.9. The van der Waals surface area contributed by atoms with Gasteiger partial charge >= 0.3 is 6.01 Å². The number of anilines is 2. The third kappa shape index (κ3) is 5.37. The van der Waals surface area contributed by atoms with Gasteiger partial charge in [0, 0.05) is 58.9 Å². The number of amides is 1. The summed E-state index contributed by atoms with van der Waals surface area (Å²) in [5.74, 6) is 0.559. The van der Waals surface area contributed by atoms with Gasteiger partial charge in [0.25, 0.3) is 0 Å². The molecule has 3 aliphatic heterocycles. The van der Waals surface area contributed by atoms with E-state index in [1.165, 1.54) is 16.5 Å². The van der Waals surface area contributed by atoms with Crippen molar-refractivity contribution in [1.29, 1.82) is 5.26 Å². The Morgan fingerprint density at radius 3 is 2.95 bits per heavy atom. The van der Waals surface area contributed by atoms with E-state index in [1.807, 2.05) is 18.5 Å². The SMILES string of the molecule is [2H]C([2H])([2H])N1CCC[C@H]1COc1nc2c(c(N3CCN(C(=O)C=C)[C@@H](CC#N)C3)n1)CCN(c1cncc3cccc([13CH3])c13)C2. The van der Waals surface area contributed by atoms with Crippen LogP contribution in [-0.4, -0.2) is 89.0 Å². The summed E-state index contributed by atoms with van der Waals surface area (Å²) in [5.41, 5.74) is 4.08. The Hall–Kier alpha value is -4.23. The lowest BCUT2D eigenvalue weighted by Crippen LogP contribution is -2.55. The Bertz CT molecular complexity index is 1640. The minimum Gasteiger partial charge on any atom is -0.462 e. The van der Waals surface area contributed by atoms with E-state index in [2.05, 4.69) is 46.5 Å². The second-order valence-corrected chi connectivity index (χ2v) is 11.3. The maximum absolute atomic E-state index is 12.6. The molecular formula is C32H38N8O2. The van der Waals surface area contributed by atoms with Crippen molar-refractivity contribution in [3.63, 3.8) is 0 Å². The van der Waals surface area contributed by atoms with Crippen LogP contribution in [-0.2, 0) is 17.8 Å². The van der Waals surface area contributed by atoms with Gasteiger partial charge in [0.2, 0.25) is 5.91 Å². The van der Waals surface area contributed by atoms with E-state index < -0.39 is 6.98 Å². The van der Waals surface area contributed by atoms with E-state index >= 15 is 0 Å². The van der Waals surface area contributed by atoms with Crippen molar-refractivity contribution in [1.82, 2.24) is 24.8 Å². The van der Waals surface area contributed by atoms with Crippen LogP contribution in [0.3, 0.4) is 0 Å². The smallest absolute Gasteiger partial charge is 0.318 e. The van der Waals surface area contributed by atoms with Gasteiger partial charge in [0.05, 0.1) is 42.7 Å². The largest absolute Gasteiger partial charge is 0.462 e. The fourth-order valence-electron chi connectivity index (χ4n) is 6.48. The fraction of sp³-hybridized carbons (Fsp3) is 0.469. The molecule has 42 heavy (non-hydrogen) atoms. The van der Waals surface area contributed by atoms with Crippen LogP contribution in [0.5, 0.6) is 6.01 Å². The summed E-state index contributed by atoms with van der Waals surface area (Å²) >= 11 is 0. The summed E-state index contributed by atoms with van der Waals surface area (Å²) in [7, 11) is 0. The van der Waals surface area contributed by atoms with Gasteiger partial charge in [0.1, 0.15) is 12.4 Å². The first-order valence-corrected chi connectivity index (χ1v) is 14.6. The van der Waals surface area contributed by atoms with Crippen molar-refractivity contribution in [3.8, 4) is 12.1 Å². The molecule has 2 saturated heterocycles. The first-order valence-electron chi connectivity index (χ1n) is 16.1. The molecule has 1 amide bonds. The fourth-order valence-corrected chi connectivity index (χ4v) is 6.48. The van der Waals surface area contributed by atoms with Crippen LogP contribution in [0.1, 0.15) is 40.2 Å². The number of benzene rings is 1. The lowest BCUT2D eigenvalue weighted by molar-refractivity contribution is -0.128. The number of nitrogens with zero attached hydrogens (tertiary/aromatic N) is 8. The zero-order chi connectivity index (χ0) is 31.7. The van der Waals surface area contributed by atoms with Crippen LogP contribution in [0.4, 0.5) is 11.5 Å². The average Bonchev–Trinajstić information content (AvgIpc) is 3.53. The zero-order valence-electron chi connectivity index (χ0n) is 27.0. The van der Waals surface area contributed by atoms with E-state index in [0.717, 1.165) is 52.9 Å². The average molecular weight is 571 g/mol. The molecule has 10 nitrogen and oxygen atoms in total. The van der Waals surface area contributed by atoms with Gasteiger partial charge in [0.15, 0.2) is 0 Å². The van der Waals surface area contributed by atoms with Gasteiger partial charge in [-0.15, -0.1) is 0 Å². The maximum atomic E-state index is 12.6. The minimum absolute atomic E-state index is 0.172. The Morgan fingerprint density at radius 1 is 1.21 bits per heavy atom. The Balaban J connectivity index is 1.34. The Labute approximate surface area is 251 Å². The van der Waals surface area contributed by atoms with E-state index in [4.69, 9.17) is 18.8 Å². The molecule has 0 radical (unpaired) electrons. The molecule has 3 aromatic rings. The molecule has 3 aliphatic rings. The number of carbonyl (C=O) groups excluding carboxylic acids is 1. The molecule has 0 unspecified atom stereocenters. The quantitative estimate of drug-likeness (QED) is 0.312. The van der Waals surface area contributed by atoms with Gasteiger partial charge in [-0.1, -0.05) is 24.8 Å². The lowest BCUT2D eigenvalue weighted by Gasteiger charge is -2.42. The maximum Gasteiger partial charge on any atom is 0.318 e. The number of piperazine rings is 1. The summed E-state index contributed by atoms with van der Waals surface area (Å²) in [6, 6.07) is 8.09. The van der Waals surface area contributed by atoms with Crippen LogP contribution < -0.4 is 14.5 Å². The first-order chi connectivity index (χ1) is 21.7. The monoisotopic (exact) mass is 570 g/mol. The van der Waals surface area contributed by atoms with Crippen molar-refractivity contribution in [3.05, 3.63) is 60.1 Å². The number of carbonyl (C=O) groups is 1. The van der Waals surface area contributed by atoms with Crippen molar-refractivity contribution < 1.29 is 13.6 Å². The van der Waals surface area contributed by atoms with Gasteiger partial charge in [-0.25, -0.2) is 0 Å². The summed E-state index contributed by atoms with van der Waals surface area (Å²) < 4.78 is 30.0. The van der Waals surface area contributed by atoms with Crippen molar-refractivity contribution in [2.75, 3.05) is 56.1 Å². The number of ether oxygens (including phenoxy) is 1. The number of likely N-dealkylation sites (N-methyl/N-ethyl adjacent to an activating group) is 1. The first kappa shape index (κ1) is 24.4. The number of rotatable bonds is 7. The normalized spacial score (nSPS) is 22.2. The number of aromatic nitrogens is 3. The molecule has 0 spiro atoms. The van der Waals surface area contributed by atoms with Crippen molar-refractivity contribution >= 4 is 28.2 Å². The van der Waals surface area contributed by atoms with Gasteiger partial charge in [-0.2, -0.15) is 15.2 Å². The third-order valence-electron chi connectivity index (χ3n) is 8.68. The zero-order valence-corrected chi connectivity index (χ0v) is 24.0. The molecule has 0 saturated carbocycles. The molecule has 5 heterocycles. The van der Waals surface area contributed by atoms with Crippen LogP contribution in [0.15, 0.2) is 43.2 Å². The topological polar surface area (TPSA) is 102 Å². The van der Waals surface area contributed by atoms with Crippen LogP contribution in [0, 0.1) is 18.3 Å². The molecule has 1 aromatic carbocycles. The lowest BCUT2D eigenvalue weighted by atomic mass is 10.0. The van der Waals surface area contributed by atoms with Gasteiger partial charge in [-0.05, 0) is 51.3 Å². The van der Waals surface area contributed by atoms with Crippen molar-refractivity contribution in [2.24, 2.45) is 0 Å². The molecule has 2 aromatic heterocycles. The highest BCUT2D eigenvalue weighted by Crippen LogP contribution is 2.35. The van der Waals surface area contributed by atoms with E-state index in [9.17, 15) is 10.1 Å². The number of hydrogen-bond donors (Lipinski definition) is 0. The number of nitriles is 1. The standard InChI is InChI=1S/C32H38N8O2/c1-4-29(41)40-16-15-39(19-24(40)10-12-33)31-26-11-14-38(28-18-34-17-23-8-5-7-22(2)30(23)28)20-27(26)35-32(36-31)42-21-25-9-6-13-37(25)3/h4-5,7-8,17-18,24-25H,1,6,9-11,13-16,19-21H2,2-3H3/t24-,25-/m0/s1/i2+1,3D3. The summed E-state index contributed by atoms with van der Waals surface area (Å²) in [4.78, 5) is 34.5. The Morgan fingerprint density at radius 2 is 2.12 bits per heavy atom. The molecule has 218 valence electrons. The molecule has 0 bridgehead atoms. The summed E-state index contributed by atoms with van der Waals surface area (Å²) in [6.45, 7) is 6.92. The number of likely N-dealkylation sites (tertiary alicyclic amines) is 1. The van der Waals surface area contributed by atoms with E-state index in [0.29, 0.717) is 39.1 Å². The van der Waals surface area contributed by atoms with Crippen molar-refractivity contribution in [2.45, 2.75) is 51.2 Å². The van der Waals surface area contributed by atoms with Crippen LogP contribution in [0.2, 0.25) is 0 Å². The number of fused-ring (bicyclic) bond motifs is 2. The predicted molar refractivity (Wildman–Crippen MR) is 163 cm³/mol. The van der Waals surface area contributed by atoms with Crippen LogP contribution >= 0.6 is 0 Å². The molecule has 2 fully saturated rings. The van der Waals surface area contributed by atoms with Crippen LogP contribution in [0.25, 0.3) is 10.8 Å². The molecule has 6 rings (SSSR count). The van der Waals surface area contributed by atoms with E-state index in [-0.39, 0.29) is 37.0 Å². The summed E-state index contributed by atoms with van der Waals surface area (Å²) in [5, 5.41) is 11.8. The molecular weight excluding hydrogens is 529 g/mol. The summed E-state index contributed by atoms with van der Waals surface area (Å²) in [6.07, 6.45) is 7.50. The van der Waals surface area contributed by atoms with E-state index in [1.54, 1.807) is 4.90 Å². The highest BCUT2D eigenvalue weighted by atomic mass is 16.5. The Kier molecular flexibility index (Phi) is 6.93. The third-order valence-corrected chi connectivity index (χ3v) is 8.68. The highest BCUT2D eigenvalue weighted by Gasteiger charge is 2.33. The predicted octanol–water partition coefficient (Wildman–Crippen LogP) is 3.49. The molecule has 10 heteroatoms. The molecule has 0 aliphatic carbocycles. The minimum atomic E-state index is -2.18. The number of hydrogen-bond acceptors (Lipinski definition) is 9. The van der Waals surface area contributed by atoms with Gasteiger partial charge in [-0.3, -0.25) is 9.78 Å². The highest BCUT2D eigenvalue weighted by molar-refractivity contribution is 5.96.